The number of ether oxygens (including phenoxy) is 2. The minimum atomic E-state index is -0.736. The Morgan fingerprint density at radius 1 is 1.04 bits per heavy atom. The molecule has 0 aliphatic rings. The maximum absolute atomic E-state index is 12.1. The van der Waals surface area contributed by atoms with Crippen molar-refractivity contribution < 1.29 is 19.1 Å². The first-order chi connectivity index (χ1) is 12.1. The summed E-state index contributed by atoms with van der Waals surface area (Å²) in [5.74, 6) is -0.822. The number of aryl methyl sites for hydroxylation is 1. The molecule has 0 radical (unpaired) electrons. The van der Waals surface area contributed by atoms with Crippen LogP contribution in [0.3, 0.4) is 0 Å². The van der Waals surface area contributed by atoms with Gasteiger partial charge in [0.05, 0.1) is 13.7 Å². The van der Waals surface area contributed by atoms with Gasteiger partial charge in [-0.2, -0.15) is 0 Å². The molecule has 5 heteroatoms. The molecule has 0 bridgehead atoms. The fourth-order valence-electron chi connectivity index (χ4n) is 2.48. The van der Waals surface area contributed by atoms with E-state index in [1.807, 2.05) is 61.5 Å². The van der Waals surface area contributed by atoms with Crippen molar-refractivity contribution in [2.45, 2.75) is 26.0 Å². The lowest BCUT2D eigenvalue weighted by molar-refractivity contribution is -0.145. The lowest BCUT2D eigenvalue weighted by atomic mass is 10.0. The number of rotatable bonds is 8. The van der Waals surface area contributed by atoms with Gasteiger partial charge in [-0.3, -0.25) is 4.79 Å². The van der Waals surface area contributed by atoms with Gasteiger partial charge in [-0.15, -0.1) is 0 Å². The van der Waals surface area contributed by atoms with E-state index in [1.54, 1.807) is 0 Å². The Hall–Kier alpha value is -2.66. The van der Waals surface area contributed by atoms with Crippen LogP contribution in [0.5, 0.6) is 0 Å². The van der Waals surface area contributed by atoms with Gasteiger partial charge in [-0.25, -0.2) is 4.79 Å². The zero-order chi connectivity index (χ0) is 18.1. The number of amides is 1. The second kappa shape index (κ2) is 9.59. The van der Waals surface area contributed by atoms with Gasteiger partial charge in [0.1, 0.15) is 12.6 Å². The Morgan fingerprint density at radius 2 is 1.76 bits per heavy atom. The predicted octanol–water partition coefficient (Wildman–Crippen LogP) is 2.41. The molecule has 1 atom stereocenters. The second-order valence-corrected chi connectivity index (χ2v) is 5.81. The van der Waals surface area contributed by atoms with E-state index in [0.717, 1.165) is 16.7 Å². The summed E-state index contributed by atoms with van der Waals surface area (Å²) in [7, 11) is 1.31. The number of methoxy groups -OCH3 is 1. The van der Waals surface area contributed by atoms with Crippen molar-refractivity contribution in [3.63, 3.8) is 0 Å². The summed E-state index contributed by atoms with van der Waals surface area (Å²) in [6, 6.07) is 16.6. The lowest BCUT2D eigenvalue weighted by Crippen LogP contribution is -2.44. The van der Waals surface area contributed by atoms with E-state index in [2.05, 4.69) is 5.32 Å². The van der Waals surface area contributed by atoms with Gasteiger partial charge in [0, 0.05) is 6.42 Å². The van der Waals surface area contributed by atoms with E-state index < -0.39 is 12.0 Å². The molecule has 132 valence electrons. The number of carbonyl (C=O) groups is 2. The highest BCUT2D eigenvalue weighted by Gasteiger charge is 2.22. The molecule has 0 saturated carbocycles. The minimum Gasteiger partial charge on any atom is -0.467 e. The highest BCUT2D eigenvalue weighted by molar-refractivity contribution is 5.85. The van der Waals surface area contributed by atoms with Crippen molar-refractivity contribution in [2.24, 2.45) is 0 Å². The molecule has 2 aromatic carbocycles. The zero-order valence-electron chi connectivity index (χ0n) is 14.5. The van der Waals surface area contributed by atoms with E-state index in [9.17, 15) is 9.59 Å². The largest absolute Gasteiger partial charge is 0.467 e. The molecule has 1 amide bonds. The molecule has 2 rings (SSSR count). The summed E-state index contributed by atoms with van der Waals surface area (Å²) in [6.45, 7) is 2.21. The van der Waals surface area contributed by atoms with Gasteiger partial charge < -0.3 is 14.8 Å². The van der Waals surface area contributed by atoms with Crippen LogP contribution in [-0.2, 0) is 32.1 Å². The molecule has 0 aliphatic carbocycles. The van der Waals surface area contributed by atoms with Gasteiger partial charge in [0.25, 0.3) is 0 Å². The van der Waals surface area contributed by atoms with Crippen molar-refractivity contribution >= 4 is 11.9 Å². The Kier molecular flexibility index (Phi) is 7.16. The van der Waals surface area contributed by atoms with Crippen LogP contribution in [0.2, 0.25) is 0 Å². The summed E-state index contributed by atoms with van der Waals surface area (Å²) in [4.78, 5) is 24.0. The van der Waals surface area contributed by atoms with E-state index in [-0.39, 0.29) is 12.5 Å². The maximum Gasteiger partial charge on any atom is 0.328 e. The first-order valence-electron chi connectivity index (χ1n) is 8.13. The van der Waals surface area contributed by atoms with Gasteiger partial charge >= 0.3 is 5.97 Å². The third-order valence-electron chi connectivity index (χ3n) is 3.69. The van der Waals surface area contributed by atoms with E-state index in [0.29, 0.717) is 13.0 Å². The molecule has 1 N–H and O–H groups in total. The molecule has 0 saturated heterocycles. The molecule has 0 aliphatic heterocycles. The van der Waals surface area contributed by atoms with E-state index in [4.69, 9.17) is 9.47 Å². The zero-order valence-corrected chi connectivity index (χ0v) is 14.5. The Morgan fingerprint density at radius 3 is 2.44 bits per heavy atom. The fourth-order valence-corrected chi connectivity index (χ4v) is 2.48. The number of hydrogen-bond acceptors (Lipinski definition) is 4. The molecule has 0 aromatic heterocycles. The molecule has 0 unspecified atom stereocenters. The summed E-state index contributed by atoms with van der Waals surface area (Å²) in [5.41, 5.74) is 3.04. The summed E-state index contributed by atoms with van der Waals surface area (Å²) in [6.07, 6.45) is 0.374. The molecule has 0 fully saturated rings. The first kappa shape index (κ1) is 18.7. The average Bonchev–Trinajstić information content (AvgIpc) is 2.61. The highest BCUT2D eigenvalue weighted by Crippen LogP contribution is 2.08. The Bertz CT molecular complexity index is 700. The predicted molar refractivity (Wildman–Crippen MR) is 94.9 cm³/mol. The molecular weight excluding hydrogens is 318 g/mol. The molecule has 0 heterocycles. The van der Waals surface area contributed by atoms with E-state index >= 15 is 0 Å². The van der Waals surface area contributed by atoms with Crippen LogP contribution in [0.15, 0.2) is 54.6 Å². The number of nitrogens with one attached hydrogen (secondary N) is 1. The van der Waals surface area contributed by atoms with Crippen LogP contribution in [0.25, 0.3) is 0 Å². The van der Waals surface area contributed by atoms with Gasteiger partial charge in [-0.05, 0) is 18.1 Å². The number of esters is 1. The third-order valence-corrected chi connectivity index (χ3v) is 3.69. The molecule has 25 heavy (non-hydrogen) atoms. The van der Waals surface area contributed by atoms with Crippen molar-refractivity contribution in [1.82, 2.24) is 5.32 Å². The van der Waals surface area contributed by atoms with Crippen LogP contribution < -0.4 is 5.32 Å². The number of benzene rings is 2. The van der Waals surface area contributed by atoms with Crippen LogP contribution in [0.1, 0.15) is 16.7 Å². The molecular formula is C20H23NO4. The topological polar surface area (TPSA) is 64.6 Å². The molecule has 5 nitrogen and oxygen atoms in total. The first-order valence-corrected chi connectivity index (χ1v) is 8.13. The molecule has 2 aromatic rings. The maximum atomic E-state index is 12.1. The number of hydrogen-bond donors (Lipinski definition) is 1. The summed E-state index contributed by atoms with van der Waals surface area (Å²) >= 11 is 0. The monoisotopic (exact) mass is 341 g/mol. The summed E-state index contributed by atoms with van der Waals surface area (Å²) in [5, 5.41) is 2.68. The minimum absolute atomic E-state index is 0.115. The fraction of sp³-hybridized carbons (Fsp3) is 0.300. The van der Waals surface area contributed by atoms with Crippen LogP contribution in [0.4, 0.5) is 0 Å². The van der Waals surface area contributed by atoms with Crippen molar-refractivity contribution in [3.8, 4) is 0 Å². The third kappa shape index (κ3) is 6.39. The SMILES string of the molecule is COC(=O)[C@@H](Cc1cccc(C)c1)NC(=O)COCc1ccccc1. The normalized spacial score (nSPS) is 11.6. The standard InChI is InChI=1S/C20H23NO4/c1-15-7-6-10-17(11-15)12-18(20(23)24-2)21-19(22)14-25-13-16-8-4-3-5-9-16/h3-11,18H,12-14H2,1-2H3,(H,21,22)/t18-/m1/s1. The average molecular weight is 341 g/mol. The van der Waals surface area contributed by atoms with Crippen LogP contribution in [-0.4, -0.2) is 31.6 Å². The van der Waals surface area contributed by atoms with Crippen LogP contribution >= 0.6 is 0 Å². The second-order valence-electron chi connectivity index (χ2n) is 5.81. The number of carbonyl (C=O) groups excluding carboxylic acids is 2. The summed E-state index contributed by atoms with van der Waals surface area (Å²) < 4.78 is 10.2. The smallest absolute Gasteiger partial charge is 0.328 e. The van der Waals surface area contributed by atoms with Crippen molar-refractivity contribution in [2.75, 3.05) is 13.7 Å². The Labute approximate surface area is 148 Å². The van der Waals surface area contributed by atoms with Gasteiger partial charge in [0.2, 0.25) is 5.91 Å². The van der Waals surface area contributed by atoms with Crippen molar-refractivity contribution in [1.29, 1.82) is 0 Å². The van der Waals surface area contributed by atoms with Crippen molar-refractivity contribution in [3.05, 3.63) is 71.3 Å². The van der Waals surface area contributed by atoms with Gasteiger partial charge in [-0.1, -0.05) is 60.2 Å². The highest BCUT2D eigenvalue weighted by atomic mass is 16.5. The lowest BCUT2D eigenvalue weighted by Gasteiger charge is -2.17. The van der Waals surface area contributed by atoms with Crippen LogP contribution in [0, 0.1) is 6.92 Å². The Balaban J connectivity index is 1.87. The van der Waals surface area contributed by atoms with E-state index in [1.165, 1.54) is 7.11 Å². The van der Waals surface area contributed by atoms with Gasteiger partial charge in [0.15, 0.2) is 0 Å². The molecule has 0 spiro atoms. The quantitative estimate of drug-likeness (QED) is 0.749.